The van der Waals surface area contributed by atoms with E-state index in [1.807, 2.05) is 0 Å². The molecule has 13 heteroatoms. The predicted octanol–water partition coefficient (Wildman–Crippen LogP) is 1.42. The summed E-state index contributed by atoms with van der Waals surface area (Å²) in [7, 11) is 1.63. The number of hydrogen-bond donors (Lipinski definition) is 2. The first-order valence-electron chi connectivity index (χ1n) is 10.7. The highest BCUT2D eigenvalue weighted by molar-refractivity contribution is 5.87. The normalized spacial score (nSPS) is 17.9. The Balaban J connectivity index is 1.27. The van der Waals surface area contributed by atoms with Crippen LogP contribution in [0.4, 0.5) is 11.9 Å². The maximum absolute atomic E-state index is 12.4. The molecule has 6 heterocycles. The molecule has 6 rings (SSSR count). The number of hydrogen-bond acceptors (Lipinski definition) is 11. The van der Waals surface area contributed by atoms with Crippen molar-refractivity contribution in [3.05, 3.63) is 61.0 Å². The van der Waals surface area contributed by atoms with Crippen LogP contribution in [-0.4, -0.2) is 69.0 Å². The standard InChI is InChI=1S/C22H18N10O3/c1-31-9-6-22(34,18(31)33)17-11-16(30-35-17)14-4-2-3-13(26-14)15-5-7-23-19(27-15)28-20-25-12-32-10-8-24-21(32)29-20/h2-5,7-8,10-12,34H,6,9H2,1H3,(H,23,24,27,28,29). The lowest BCUT2D eigenvalue weighted by Gasteiger charge is -2.16. The number of anilines is 2. The highest BCUT2D eigenvalue weighted by atomic mass is 16.5. The SMILES string of the molecule is CN1CCC(O)(c2cc(-c3cccc(-c4ccnc(Nc5ncn6ccnc6n5)n4)n3)no2)C1=O. The molecule has 0 spiro atoms. The molecule has 1 amide bonds. The molecule has 0 aliphatic carbocycles. The third-order valence-electron chi connectivity index (χ3n) is 5.74. The molecule has 1 unspecified atom stereocenters. The predicted molar refractivity (Wildman–Crippen MR) is 121 cm³/mol. The summed E-state index contributed by atoms with van der Waals surface area (Å²) in [6.07, 6.45) is 6.80. The van der Waals surface area contributed by atoms with E-state index >= 15 is 0 Å². The Morgan fingerprint density at radius 1 is 1.00 bits per heavy atom. The van der Waals surface area contributed by atoms with Crippen molar-refractivity contribution in [2.24, 2.45) is 0 Å². The van der Waals surface area contributed by atoms with Gasteiger partial charge in [0.2, 0.25) is 23.3 Å². The van der Waals surface area contributed by atoms with Crippen LogP contribution in [0.25, 0.3) is 28.6 Å². The topological polar surface area (TPSA) is 160 Å². The number of imidazole rings is 1. The van der Waals surface area contributed by atoms with E-state index in [9.17, 15) is 9.90 Å². The molecule has 1 aliphatic rings. The van der Waals surface area contributed by atoms with E-state index in [4.69, 9.17) is 4.52 Å². The molecule has 0 radical (unpaired) electrons. The van der Waals surface area contributed by atoms with Crippen LogP contribution in [0.15, 0.2) is 59.8 Å². The summed E-state index contributed by atoms with van der Waals surface area (Å²) in [5, 5.41) is 17.8. The molecule has 35 heavy (non-hydrogen) atoms. The number of nitrogens with one attached hydrogen (secondary N) is 1. The summed E-state index contributed by atoms with van der Waals surface area (Å²) in [5.41, 5.74) is 0.304. The minimum Gasteiger partial charge on any atom is -0.373 e. The Labute approximate surface area is 197 Å². The van der Waals surface area contributed by atoms with Crippen molar-refractivity contribution in [1.29, 1.82) is 0 Å². The summed E-state index contributed by atoms with van der Waals surface area (Å²) in [4.78, 5) is 39.9. The minimum absolute atomic E-state index is 0.0945. The number of fused-ring (bicyclic) bond motifs is 1. The molecule has 5 aromatic heterocycles. The quantitative estimate of drug-likeness (QED) is 0.382. The zero-order chi connectivity index (χ0) is 24.0. The highest BCUT2D eigenvalue weighted by Gasteiger charge is 2.48. The van der Waals surface area contributed by atoms with Crippen LogP contribution >= 0.6 is 0 Å². The van der Waals surface area contributed by atoms with Gasteiger partial charge >= 0.3 is 0 Å². The van der Waals surface area contributed by atoms with Gasteiger partial charge in [-0.25, -0.2) is 24.9 Å². The molecule has 1 aliphatic heterocycles. The van der Waals surface area contributed by atoms with E-state index in [1.165, 1.54) is 4.90 Å². The first-order valence-corrected chi connectivity index (χ1v) is 10.7. The van der Waals surface area contributed by atoms with Gasteiger partial charge in [0, 0.05) is 44.7 Å². The van der Waals surface area contributed by atoms with E-state index in [0.717, 1.165) is 0 Å². The fourth-order valence-corrected chi connectivity index (χ4v) is 3.84. The van der Waals surface area contributed by atoms with Gasteiger partial charge in [-0.2, -0.15) is 4.98 Å². The van der Waals surface area contributed by atoms with Crippen molar-refractivity contribution in [2.75, 3.05) is 18.9 Å². The van der Waals surface area contributed by atoms with Gasteiger partial charge < -0.3 is 14.5 Å². The second kappa shape index (κ2) is 7.92. The van der Waals surface area contributed by atoms with E-state index in [1.54, 1.807) is 66.7 Å². The highest BCUT2D eigenvalue weighted by Crippen LogP contribution is 2.34. The summed E-state index contributed by atoms with van der Waals surface area (Å²) in [5.74, 6) is 0.773. The number of aromatic nitrogens is 8. The molecular weight excluding hydrogens is 452 g/mol. The van der Waals surface area contributed by atoms with Crippen LogP contribution in [0, 0.1) is 0 Å². The average Bonchev–Trinajstić information content (AvgIpc) is 3.62. The molecule has 13 nitrogen and oxygen atoms in total. The first kappa shape index (κ1) is 20.8. The molecule has 0 saturated carbocycles. The summed E-state index contributed by atoms with van der Waals surface area (Å²) < 4.78 is 7.02. The van der Waals surface area contributed by atoms with E-state index in [0.29, 0.717) is 47.0 Å². The molecular formula is C22H18N10O3. The van der Waals surface area contributed by atoms with Crippen molar-refractivity contribution in [2.45, 2.75) is 12.0 Å². The lowest BCUT2D eigenvalue weighted by Crippen LogP contribution is -2.35. The van der Waals surface area contributed by atoms with Gasteiger partial charge in [-0.3, -0.25) is 14.5 Å². The Morgan fingerprint density at radius 2 is 1.80 bits per heavy atom. The lowest BCUT2D eigenvalue weighted by atomic mass is 9.98. The van der Waals surface area contributed by atoms with Crippen molar-refractivity contribution < 1.29 is 14.4 Å². The number of carbonyl (C=O) groups excluding carboxylic acids is 1. The molecule has 1 saturated heterocycles. The lowest BCUT2D eigenvalue weighted by molar-refractivity contribution is -0.144. The van der Waals surface area contributed by atoms with Crippen LogP contribution in [0.3, 0.4) is 0 Å². The zero-order valence-corrected chi connectivity index (χ0v) is 18.4. The van der Waals surface area contributed by atoms with E-state index in [-0.39, 0.29) is 12.2 Å². The van der Waals surface area contributed by atoms with Crippen LogP contribution in [0.2, 0.25) is 0 Å². The van der Waals surface area contributed by atoms with E-state index < -0.39 is 11.5 Å². The molecule has 0 aromatic carbocycles. The van der Waals surface area contributed by atoms with Crippen molar-refractivity contribution in [3.63, 3.8) is 0 Å². The van der Waals surface area contributed by atoms with Crippen LogP contribution in [0.5, 0.6) is 0 Å². The second-order valence-corrected chi connectivity index (χ2v) is 8.03. The average molecular weight is 470 g/mol. The summed E-state index contributed by atoms with van der Waals surface area (Å²) in [6, 6.07) is 8.62. The number of pyridine rings is 1. The van der Waals surface area contributed by atoms with Gasteiger partial charge in [-0.05, 0) is 18.2 Å². The first-order chi connectivity index (χ1) is 17.0. The van der Waals surface area contributed by atoms with Gasteiger partial charge in [0.25, 0.3) is 5.91 Å². The van der Waals surface area contributed by atoms with Gasteiger partial charge in [-0.15, -0.1) is 0 Å². The number of rotatable bonds is 5. The third-order valence-corrected chi connectivity index (χ3v) is 5.74. The fraction of sp³-hybridized carbons (Fsp3) is 0.182. The van der Waals surface area contributed by atoms with Gasteiger partial charge in [0.05, 0.1) is 17.1 Å². The number of carbonyl (C=O) groups is 1. The Bertz CT molecular complexity index is 1560. The number of likely N-dealkylation sites (N-methyl/N-ethyl adjacent to an activating group) is 1. The van der Waals surface area contributed by atoms with Crippen molar-refractivity contribution >= 4 is 23.6 Å². The van der Waals surface area contributed by atoms with Crippen molar-refractivity contribution in [1.82, 2.24) is 44.4 Å². The van der Waals surface area contributed by atoms with E-state index in [2.05, 4.69) is 40.4 Å². The Morgan fingerprint density at radius 3 is 2.63 bits per heavy atom. The molecule has 1 fully saturated rings. The maximum atomic E-state index is 12.4. The third kappa shape index (κ3) is 3.63. The Hall–Kier alpha value is -4.78. The summed E-state index contributed by atoms with van der Waals surface area (Å²) in [6.45, 7) is 0.435. The van der Waals surface area contributed by atoms with Crippen molar-refractivity contribution in [3.8, 4) is 22.8 Å². The van der Waals surface area contributed by atoms with Crippen LogP contribution in [-0.2, 0) is 10.4 Å². The second-order valence-electron chi connectivity index (χ2n) is 8.03. The number of aliphatic hydroxyl groups is 1. The largest absolute Gasteiger partial charge is 0.373 e. The van der Waals surface area contributed by atoms with Crippen LogP contribution < -0.4 is 5.32 Å². The molecule has 2 N–H and O–H groups in total. The van der Waals surface area contributed by atoms with Crippen LogP contribution in [0.1, 0.15) is 12.2 Å². The maximum Gasteiger partial charge on any atom is 0.262 e. The number of likely N-dealkylation sites (tertiary alicyclic amines) is 1. The zero-order valence-electron chi connectivity index (χ0n) is 18.4. The molecule has 174 valence electrons. The smallest absolute Gasteiger partial charge is 0.262 e. The number of nitrogens with zero attached hydrogens (tertiary/aromatic N) is 9. The molecule has 5 aromatic rings. The molecule has 0 bridgehead atoms. The summed E-state index contributed by atoms with van der Waals surface area (Å²) >= 11 is 0. The Kier molecular flexibility index (Phi) is 4.70. The number of amides is 1. The molecule has 1 atom stereocenters. The van der Waals surface area contributed by atoms with Gasteiger partial charge in [0.15, 0.2) is 5.76 Å². The van der Waals surface area contributed by atoms with Gasteiger partial charge in [-0.1, -0.05) is 11.2 Å². The fourth-order valence-electron chi connectivity index (χ4n) is 3.84. The monoisotopic (exact) mass is 470 g/mol. The minimum atomic E-state index is -1.72. The van der Waals surface area contributed by atoms with Gasteiger partial charge in [0.1, 0.15) is 12.0 Å².